The molecule has 0 amide bonds. The molecule has 0 radical (unpaired) electrons. The van der Waals surface area contributed by atoms with Gasteiger partial charge in [0.15, 0.2) is 0 Å². The van der Waals surface area contributed by atoms with E-state index in [1.165, 1.54) is 62.3 Å². The monoisotopic (exact) mass is 818 g/mol. The molecule has 0 fully saturated rings. The third-order valence-electron chi connectivity index (χ3n) is 10.8. The first kappa shape index (κ1) is 36.5. The fraction of sp³-hybridized carbons (Fsp3) is 0.326. The minimum absolute atomic E-state index is 0. The van der Waals surface area contributed by atoms with Crippen LogP contribution in [0.5, 0.6) is 0 Å². The van der Waals surface area contributed by atoms with Crippen LogP contribution in [0.2, 0.25) is 0 Å². The Labute approximate surface area is 291 Å². The van der Waals surface area contributed by atoms with Crippen LogP contribution in [0.3, 0.4) is 0 Å². The van der Waals surface area contributed by atoms with E-state index in [-0.39, 0.29) is 35.6 Å². The van der Waals surface area contributed by atoms with Crippen LogP contribution in [0, 0.1) is 27.7 Å². The molecule has 2 aliphatic carbocycles. The van der Waals surface area contributed by atoms with Crippen molar-refractivity contribution in [1.29, 1.82) is 0 Å². The zero-order valence-corrected chi connectivity index (χ0v) is 34.7. The van der Waals surface area contributed by atoms with Gasteiger partial charge in [-0.3, -0.25) is 0 Å². The third-order valence-corrected chi connectivity index (χ3v) is 35.2. The number of rotatable bonds is 4. The summed E-state index contributed by atoms with van der Waals surface area (Å²) < 4.78 is 11.8. The second-order valence-corrected chi connectivity index (χ2v) is 34.7. The summed E-state index contributed by atoms with van der Waals surface area (Å²) in [6.07, 6.45) is 9.03. The maximum atomic E-state index is 5.76. The van der Waals surface area contributed by atoms with Gasteiger partial charge >= 0.3 is 269 Å². The normalized spacial score (nSPS) is 14.3. The quantitative estimate of drug-likeness (QED) is 0.159. The van der Waals surface area contributed by atoms with E-state index >= 15 is 0 Å². The van der Waals surface area contributed by atoms with Crippen molar-refractivity contribution < 1.29 is 18.0 Å². The van der Waals surface area contributed by atoms with Crippen LogP contribution in [0.25, 0.3) is 11.1 Å². The number of halogens is 2. The van der Waals surface area contributed by atoms with Crippen molar-refractivity contribution in [3.05, 3.63) is 133 Å². The van der Waals surface area contributed by atoms with Gasteiger partial charge in [-0.15, -0.1) is 24.8 Å². The molecule has 0 unspecified atom stereocenters. The van der Waals surface area contributed by atoms with Crippen molar-refractivity contribution in [2.45, 2.75) is 92.9 Å². The fourth-order valence-corrected chi connectivity index (χ4v) is 32.6. The Morgan fingerprint density at radius 2 is 1.15 bits per heavy atom. The number of aryl methyl sites for hydroxylation is 3. The van der Waals surface area contributed by atoms with Crippen molar-refractivity contribution in [1.82, 2.24) is 0 Å². The molecular formula is C43H52Cl2Hf. The summed E-state index contributed by atoms with van der Waals surface area (Å²) in [5.41, 5.74) is 14.3. The average Bonchev–Trinajstić information content (AvgIpc) is 3.60. The number of hydrogen-bond acceptors (Lipinski definition) is 0. The van der Waals surface area contributed by atoms with Gasteiger partial charge < -0.3 is 0 Å². The maximum absolute atomic E-state index is 5.76. The summed E-state index contributed by atoms with van der Waals surface area (Å²) in [7, 11) is 0. The molecule has 4 aromatic rings. The first-order valence-electron chi connectivity index (χ1n) is 16.4. The molecule has 0 nitrogen and oxygen atoms in total. The van der Waals surface area contributed by atoms with E-state index in [1.807, 2.05) is 0 Å². The van der Waals surface area contributed by atoms with Crippen molar-refractivity contribution in [3.63, 3.8) is 0 Å². The number of allylic oxidation sites excluding steroid dienone is 4. The Morgan fingerprint density at radius 3 is 1.61 bits per heavy atom. The molecule has 0 saturated heterocycles. The molecule has 0 atom stereocenters. The number of hydrogen-bond donors (Lipinski definition) is 0. The van der Waals surface area contributed by atoms with E-state index in [0.29, 0.717) is 0 Å². The second-order valence-electron chi connectivity index (χ2n) is 16.0. The summed E-state index contributed by atoms with van der Waals surface area (Å²) in [6.45, 7) is 23.3. The van der Waals surface area contributed by atoms with Crippen molar-refractivity contribution in [2.75, 3.05) is 0 Å². The molecule has 0 bridgehead atoms. The molecular weight excluding hydrogens is 766 g/mol. The number of benzene rings is 4. The van der Waals surface area contributed by atoms with E-state index in [2.05, 4.69) is 154 Å². The van der Waals surface area contributed by atoms with E-state index in [1.54, 1.807) is 6.65 Å². The molecule has 0 aliphatic heterocycles. The van der Waals surface area contributed by atoms with E-state index in [9.17, 15) is 0 Å². The standard InChI is InChI=1S/C23H29.2C7H7.C5H5.CH2.2ClH.Hf/c1-14-9-16-11-17-10-15(2)21(23(6,7)8)13-19(17)18(16)12-20(14)22(3,4)5;2*1-7-5-3-2-4-6-7;1-2-4-5-3-1;;;;/h9,12-13H,11H2,1-8H3;2*3-6H,1H3;1-3H,4H2;1H2;2*1H;. The van der Waals surface area contributed by atoms with Gasteiger partial charge in [-0.2, -0.15) is 0 Å². The van der Waals surface area contributed by atoms with Crippen LogP contribution < -0.4 is 9.96 Å². The van der Waals surface area contributed by atoms with Gasteiger partial charge in [0.05, 0.1) is 0 Å². The van der Waals surface area contributed by atoms with Crippen LogP contribution in [0.4, 0.5) is 0 Å². The molecule has 0 spiro atoms. The zero-order valence-electron chi connectivity index (χ0n) is 29.5. The first-order valence-corrected chi connectivity index (χ1v) is 26.1. The van der Waals surface area contributed by atoms with Crippen LogP contribution in [-0.2, 0) is 35.3 Å². The Balaban J connectivity index is 0.00000240. The first-order chi connectivity index (χ1) is 20.5. The van der Waals surface area contributed by atoms with Crippen LogP contribution in [0.15, 0.2) is 88.3 Å². The van der Waals surface area contributed by atoms with E-state index in [0.717, 1.165) is 12.8 Å². The predicted molar refractivity (Wildman–Crippen MR) is 206 cm³/mol. The molecule has 0 heterocycles. The SMILES string of the molecule is Cl.Cl.[CH2]=[Hf]([C]1=CC=CC1)([c]1ccc(C)cc1)([c]1ccc(C)cc1)[c]1c(C)c(C(C)(C)C)cc2c1Cc1cc(C)c(C(C)(C)C)cc1-2. The summed E-state index contributed by atoms with van der Waals surface area (Å²) in [5.74, 6) is 0. The summed E-state index contributed by atoms with van der Waals surface area (Å²) in [5, 5.41) is 0. The Morgan fingerprint density at radius 1 is 0.652 bits per heavy atom. The number of fused-ring (bicyclic) bond motifs is 3. The molecule has 46 heavy (non-hydrogen) atoms. The molecule has 2 aliphatic rings. The van der Waals surface area contributed by atoms with Gasteiger partial charge in [-0.05, 0) is 0 Å². The van der Waals surface area contributed by atoms with Gasteiger partial charge in [0.2, 0.25) is 0 Å². The summed E-state index contributed by atoms with van der Waals surface area (Å²) >= 11 is -4.98. The Hall–Kier alpha value is -2.32. The van der Waals surface area contributed by atoms with Gasteiger partial charge in [0.25, 0.3) is 0 Å². The van der Waals surface area contributed by atoms with Crippen LogP contribution in [-0.4, -0.2) is 4.26 Å². The fourth-order valence-electron chi connectivity index (χ4n) is 8.63. The second kappa shape index (κ2) is 12.3. The van der Waals surface area contributed by atoms with Crippen molar-refractivity contribution in [3.8, 4) is 11.1 Å². The van der Waals surface area contributed by atoms with Gasteiger partial charge in [0.1, 0.15) is 0 Å². The van der Waals surface area contributed by atoms with E-state index < -0.39 is 18.0 Å². The van der Waals surface area contributed by atoms with Gasteiger partial charge in [0, 0.05) is 0 Å². The zero-order chi connectivity index (χ0) is 31.8. The topological polar surface area (TPSA) is 0 Å². The van der Waals surface area contributed by atoms with Crippen LogP contribution in [0.1, 0.15) is 92.5 Å². The predicted octanol–water partition coefficient (Wildman–Crippen LogP) is 10.2. The molecule has 3 heteroatoms. The summed E-state index contributed by atoms with van der Waals surface area (Å²) in [4.78, 5) is 0. The molecule has 0 saturated carbocycles. The Bertz CT molecular complexity index is 1890. The van der Waals surface area contributed by atoms with Gasteiger partial charge in [-0.1, -0.05) is 0 Å². The van der Waals surface area contributed by atoms with Crippen LogP contribution >= 0.6 is 24.8 Å². The molecule has 0 N–H and O–H groups in total. The third kappa shape index (κ3) is 5.43. The summed E-state index contributed by atoms with van der Waals surface area (Å²) in [6, 6.07) is 26.6. The Kier molecular flexibility index (Phi) is 9.75. The molecule has 0 aromatic heterocycles. The minimum atomic E-state index is -4.98. The van der Waals surface area contributed by atoms with Gasteiger partial charge in [-0.25, -0.2) is 0 Å². The molecule has 6 rings (SSSR count). The van der Waals surface area contributed by atoms with Crippen molar-refractivity contribution >= 4 is 39.0 Å². The van der Waals surface area contributed by atoms with Crippen molar-refractivity contribution in [2.24, 2.45) is 0 Å². The molecule has 242 valence electrons. The average molecular weight is 818 g/mol. The molecule has 4 aromatic carbocycles. The van der Waals surface area contributed by atoms with E-state index in [4.69, 9.17) is 4.26 Å².